The van der Waals surface area contributed by atoms with E-state index in [0.717, 1.165) is 25.7 Å². The predicted octanol–water partition coefficient (Wildman–Crippen LogP) is 10.8. The summed E-state index contributed by atoms with van der Waals surface area (Å²) in [6.45, 7) is 4.53. The van der Waals surface area contributed by atoms with Crippen LogP contribution in [0.25, 0.3) is 0 Å². The van der Waals surface area contributed by atoms with Crippen molar-refractivity contribution in [2.75, 3.05) is 47.5 Å². The third-order valence-electron chi connectivity index (χ3n) is 8.72. The lowest BCUT2D eigenvalue weighted by Crippen LogP contribution is -2.37. The number of esters is 1. The summed E-state index contributed by atoms with van der Waals surface area (Å²) in [7, 11) is 1.24. The molecular formula is C44H80NO8P. The highest BCUT2D eigenvalue weighted by atomic mass is 31.2. The quantitative estimate of drug-likeness (QED) is 0.0125. The third kappa shape index (κ3) is 39.7. The van der Waals surface area contributed by atoms with E-state index in [-0.39, 0.29) is 26.2 Å². The minimum absolute atomic E-state index is 0.00712. The van der Waals surface area contributed by atoms with Crippen molar-refractivity contribution in [3.05, 3.63) is 60.9 Å². The Morgan fingerprint density at radius 2 is 1.28 bits per heavy atom. The van der Waals surface area contributed by atoms with Gasteiger partial charge in [-0.05, 0) is 57.4 Å². The largest absolute Gasteiger partial charge is 0.756 e. The average molecular weight is 782 g/mol. The second-order valence-electron chi connectivity index (χ2n) is 15.3. The van der Waals surface area contributed by atoms with Crippen LogP contribution in [0.5, 0.6) is 0 Å². The summed E-state index contributed by atoms with van der Waals surface area (Å²) < 4.78 is 34.2. The molecule has 0 aliphatic heterocycles. The molecule has 1 N–H and O–H groups in total. The number of quaternary nitrogens is 1. The van der Waals surface area contributed by atoms with Gasteiger partial charge in [0.25, 0.3) is 7.82 Å². The van der Waals surface area contributed by atoms with Gasteiger partial charge >= 0.3 is 5.97 Å². The maximum absolute atomic E-state index is 12.6. The number of carbonyl (C=O) groups is 1. The molecule has 0 radical (unpaired) electrons. The van der Waals surface area contributed by atoms with Gasteiger partial charge in [-0.2, -0.15) is 0 Å². The molecular weight excluding hydrogens is 701 g/mol. The van der Waals surface area contributed by atoms with Crippen molar-refractivity contribution >= 4 is 13.8 Å². The highest BCUT2D eigenvalue weighted by Gasteiger charge is 2.20. The van der Waals surface area contributed by atoms with Gasteiger partial charge in [-0.15, -0.1) is 0 Å². The van der Waals surface area contributed by atoms with Crippen LogP contribution in [0, 0.1) is 0 Å². The molecule has 0 aliphatic rings. The number of likely N-dealkylation sites (N-methyl/N-ethyl adjacent to an activating group) is 1. The summed E-state index contributed by atoms with van der Waals surface area (Å²) in [5.74, 6) is -0.439. The van der Waals surface area contributed by atoms with Gasteiger partial charge in [0, 0.05) is 6.42 Å². The van der Waals surface area contributed by atoms with E-state index in [1.807, 2.05) is 63.7 Å². The zero-order valence-corrected chi connectivity index (χ0v) is 35.9. The number of phosphoric acid groups is 1. The van der Waals surface area contributed by atoms with Gasteiger partial charge in [0.1, 0.15) is 19.8 Å². The molecule has 0 saturated heterocycles. The van der Waals surface area contributed by atoms with Crippen LogP contribution >= 0.6 is 7.82 Å². The second-order valence-corrected chi connectivity index (χ2v) is 16.7. The molecule has 0 spiro atoms. The molecule has 10 heteroatoms. The predicted molar refractivity (Wildman–Crippen MR) is 223 cm³/mol. The first-order valence-corrected chi connectivity index (χ1v) is 22.6. The van der Waals surface area contributed by atoms with Gasteiger partial charge in [0.15, 0.2) is 6.10 Å². The van der Waals surface area contributed by atoms with Crippen molar-refractivity contribution in [2.45, 2.75) is 167 Å². The zero-order valence-electron chi connectivity index (χ0n) is 35.0. The van der Waals surface area contributed by atoms with Crippen LogP contribution in [0.15, 0.2) is 60.9 Å². The van der Waals surface area contributed by atoms with Crippen molar-refractivity contribution in [3.8, 4) is 0 Å². The van der Waals surface area contributed by atoms with E-state index in [1.54, 1.807) is 12.3 Å². The molecule has 0 aromatic heterocycles. The monoisotopic (exact) mass is 782 g/mol. The van der Waals surface area contributed by atoms with Gasteiger partial charge < -0.3 is 33.0 Å². The fourth-order valence-corrected chi connectivity index (χ4v) is 6.08. The minimum Gasteiger partial charge on any atom is -0.756 e. The Labute approximate surface area is 331 Å². The number of hydrogen-bond donors (Lipinski definition) is 1. The normalized spacial score (nSPS) is 14.9. The second kappa shape index (κ2) is 36.6. The number of aliphatic hydroxyl groups excluding tert-OH is 1. The van der Waals surface area contributed by atoms with E-state index in [2.05, 4.69) is 19.9 Å². The molecule has 9 nitrogen and oxygen atoms in total. The number of unbranched alkanes of at least 4 members (excludes halogenated alkanes) is 16. The summed E-state index contributed by atoms with van der Waals surface area (Å²) in [6.07, 6.45) is 42.1. The van der Waals surface area contributed by atoms with Gasteiger partial charge in [-0.25, -0.2) is 0 Å². The number of phosphoric ester groups is 1. The van der Waals surface area contributed by atoms with Gasteiger partial charge in [-0.1, -0.05) is 146 Å². The van der Waals surface area contributed by atoms with E-state index in [9.17, 15) is 19.4 Å². The van der Waals surface area contributed by atoms with E-state index < -0.39 is 26.0 Å². The fourth-order valence-electron chi connectivity index (χ4n) is 5.35. The molecule has 0 aromatic carbocycles. The van der Waals surface area contributed by atoms with Crippen LogP contribution in [0.1, 0.15) is 155 Å². The van der Waals surface area contributed by atoms with Gasteiger partial charge in [0.2, 0.25) is 0 Å². The SMILES string of the molecule is CCCCC/C=C\C=C/[C@H](O)C/C=C\C/C=C/CCCC(=O)O[C@H](CO/C=C/CCCCCCCCCCCCCC)COP(=O)([O-])OCC[N+](C)(C)C. The van der Waals surface area contributed by atoms with Crippen LogP contribution in [0.3, 0.4) is 0 Å². The summed E-state index contributed by atoms with van der Waals surface area (Å²) in [5, 5.41) is 10.1. The van der Waals surface area contributed by atoms with E-state index >= 15 is 0 Å². The van der Waals surface area contributed by atoms with Crippen LogP contribution in [-0.4, -0.2) is 75.3 Å². The van der Waals surface area contributed by atoms with Gasteiger partial charge in [0.05, 0.1) is 40.1 Å². The van der Waals surface area contributed by atoms with Crippen LogP contribution in [-0.2, 0) is 27.9 Å². The Bertz CT molecular complexity index is 1070. The van der Waals surface area contributed by atoms with E-state index in [0.29, 0.717) is 30.3 Å². The third-order valence-corrected chi connectivity index (χ3v) is 9.68. The topological polar surface area (TPSA) is 114 Å². The lowest BCUT2D eigenvalue weighted by Gasteiger charge is -2.28. The molecule has 0 aromatic rings. The van der Waals surface area contributed by atoms with Crippen molar-refractivity contribution in [2.24, 2.45) is 0 Å². The molecule has 0 fully saturated rings. The molecule has 3 atom stereocenters. The Hall–Kier alpha value is -2.00. The molecule has 1 unspecified atom stereocenters. The maximum atomic E-state index is 12.6. The summed E-state index contributed by atoms with van der Waals surface area (Å²) in [5.41, 5.74) is 0. The van der Waals surface area contributed by atoms with Crippen molar-refractivity contribution in [1.29, 1.82) is 0 Å². The summed E-state index contributed by atoms with van der Waals surface area (Å²) in [6, 6.07) is 0. The standard InChI is InChI=1S/C44H80NO8P/c1-6-8-10-12-14-15-16-17-18-19-20-25-29-33-38-50-40-43(41-52-54(48,49)51-39-37-45(3,4)5)53-44(47)36-32-28-24-21-23-27-31-35-42(46)34-30-26-22-13-11-9-7-2/h21-22,24,26-27,30-31,33-34,38,42-43,46H,6-20,23,25,28-29,32,35-37,39-41H2,1-5H3/b24-21+,26-22-,31-27-,34-30-,38-33+/t42-,43+/m0/s1. The van der Waals surface area contributed by atoms with Crippen molar-refractivity contribution < 1.29 is 42.4 Å². The fraction of sp³-hybridized carbons (Fsp3) is 0.750. The van der Waals surface area contributed by atoms with Crippen molar-refractivity contribution in [1.82, 2.24) is 0 Å². The van der Waals surface area contributed by atoms with Crippen LogP contribution < -0.4 is 4.89 Å². The lowest BCUT2D eigenvalue weighted by molar-refractivity contribution is -0.870. The number of allylic oxidation sites excluding steroid dienone is 7. The molecule has 0 amide bonds. The average Bonchev–Trinajstić information content (AvgIpc) is 3.11. The first-order valence-electron chi connectivity index (χ1n) is 21.2. The Morgan fingerprint density at radius 3 is 1.94 bits per heavy atom. The number of rotatable bonds is 38. The van der Waals surface area contributed by atoms with Gasteiger partial charge in [-0.3, -0.25) is 9.36 Å². The first-order chi connectivity index (χ1) is 26.0. The number of aliphatic hydroxyl groups is 1. The molecule has 0 aliphatic carbocycles. The molecule has 0 heterocycles. The molecule has 314 valence electrons. The van der Waals surface area contributed by atoms with Crippen molar-refractivity contribution in [3.63, 3.8) is 0 Å². The maximum Gasteiger partial charge on any atom is 0.306 e. The summed E-state index contributed by atoms with van der Waals surface area (Å²) >= 11 is 0. The Kier molecular flexibility index (Phi) is 35.3. The lowest BCUT2D eigenvalue weighted by atomic mass is 10.0. The molecule has 54 heavy (non-hydrogen) atoms. The van der Waals surface area contributed by atoms with Crippen LogP contribution in [0.2, 0.25) is 0 Å². The van der Waals surface area contributed by atoms with E-state index in [4.69, 9.17) is 18.5 Å². The highest BCUT2D eigenvalue weighted by molar-refractivity contribution is 7.45. The minimum atomic E-state index is -4.57. The molecule has 0 bridgehead atoms. The first kappa shape index (κ1) is 52.0. The Balaban J connectivity index is 4.49. The highest BCUT2D eigenvalue weighted by Crippen LogP contribution is 2.38. The number of hydrogen-bond acceptors (Lipinski definition) is 8. The number of nitrogens with zero attached hydrogens (tertiary/aromatic N) is 1. The van der Waals surface area contributed by atoms with E-state index in [1.165, 1.54) is 89.9 Å². The summed E-state index contributed by atoms with van der Waals surface area (Å²) in [4.78, 5) is 25.0. The Morgan fingerprint density at radius 1 is 0.704 bits per heavy atom. The number of ether oxygens (including phenoxy) is 2. The molecule has 0 rings (SSSR count). The smallest absolute Gasteiger partial charge is 0.306 e. The number of carbonyl (C=O) groups excluding carboxylic acids is 1. The van der Waals surface area contributed by atoms with Crippen LogP contribution in [0.4, 0.5) is 0 Å². The zero-order chi connectivity index (χ0) is 40.0. The molecule has 0 saturated carbocycles.